The number of pyridine rings is 1. The van der Waals surface area contributed by atoms with E-state index in [0.29, 0.717) is 16.1 Å². The zero-order chi connectivity index (χ0) is 28.8. The summed E-state index contributed by atoms with van der Waals surface area (Å²) in [7, 11) is 0. The number of carbonyl (C=O) groups is 1. The Morgan fingerprint density at radius 1 is 1.07 bits per heavy atom. The molecular weight excluding hydrogens is 600 g/mol. The van der Waals surface area contributed by atoms with Crippen molar-refractivity contribution in [3.05, 3.63) is 86.6 Å². The van der Waals surface area contributed by atoms with Crippen LogP contribution in [0.15, 0.2) is 59.2 Å². The Hall–Kier alpha value is -3.08. The molecule has 3 aromatic rings. The number of amides is 1. The van der Waals surface area contributed by atoms with Crippen LogP contribution in [0.3, 0.4) is 0 Å². The standard InChI is InChI=1S/C33H36BrClN4O2/c1-22-31(15-5-25(20-36)32(22)35)41-30-13-9-28(10-14-30)38-33(40)24-3-11-29(12-4-24)39-18-16-23(17-19-39)2-7-27-8-6-26(34)21-37-27/h3-6,8,11-12,15,21,23,28,30H,2,7,9-10,13-14,16-19H2,1H3,(H,38,40). The van der Waals surface area contributed by atoms with Gasteiger partial charge in [-0.1, -0.05) is 11.6 Å². The van der Waals surface area contributed by atoms with E-state index in [-0.39, 0.29) is 18.1 Å². The normalized spacial score (nSPS) is 19.4. The Bertz CT molecular complexity index is 1370. The van der Waals surface area contributed by atoms with Gasteiger partial charge < -0.3 is 15.0 Å². The van der Waals surface area contributed by atoms with Crippen LogP contribution in [-0.2, 0) is 6.42 Å². The SMILES string of the molecule is Cc1c(OC2CCC(NC(=O)c3ccc(N4CCC(CCc5ccc(Br)cn5)CC4)cc3)CC2)ccc(C#N)c1Cl. The second-order valence-corrected chi connectivity index (χ2v) is 12.5. The summed E-state index contributed by atoms with van der Waals surface area (Å²) in [5.74, 6) is 1.44. The highest BCUT2D eigenvalue weighted by molar-refractivity contribution is 9.10. The topological polar surface area (TPSA) is 78.2 Å². The molecule has 8 heteroatoms. The average molecular weight is 636 g/mol. The molecular formula is C33H36BrClN4O2. The fourth-order valence-electron chi connectivity index (χ4n) is 5.86. The van der Waals surface area contributed by atoms with Gasteiger partial charge in [0.1, 0.15) is 11.8 Å². The number of halogens is 2. The van der Waals surface area contributed by atoms with Gasteiger partial charge in [-0.05, 0) is 129 Å². The summed E-state index contributed by atoms with van der Waals surface area (Å²) >= 11 is 9.74. The van der Waals surface area contributed by atoms with E-state index >= 15 is 0 Å². The van der Waals surface area contributed by atoms with Gasteiger partial charge >= 0.3 is 0 Å². The van der Waals surface area contributed by atoms with Crippen molar-refractivity contribution in [2.45, 2.75) is 70.4 Å². The number of ether oxygens (including phenoxy) is 1. The van der Waals surface area contributed by atoms with Crippen LogP contribution in [-0.4, -0.2) is 36.1 Å². The highest BCUT2D eigenvalue weighted by Gasteiger charge is 2.25. The molecule has 1 saturated heterocycles. The molecule has 1 aliphatic carbocycles. The number of piperidine rings is 1. The number of nitriles is 1. The maximum Gasteiger partial charge on any atom is 0.251 e. The van der Waals surface area contributed by atoms with E-state index in [1.807, 2.05) is 31.3 Å². The minimum absolute atomic E-state index is 0.0177. The van der Waals surface area contributed by atoms with Crippen LogP contribution in [0.5, 0.6) is 5.75 Å². The minimum atomic E-state index is -0.0177. The number of rotatable bonds is 8. The molecule has 0 atom stereocenters. The molecule has 2 aromatic carbocycles. The van der Waals surface area contributed by atoms with Gasteiger partial charge in [0.25, 0.3) is 5.91 Å². The number of anilines is 1. The molecule has 1 aliphatic heterocycles. The van der Waals surface area contributed by atoms with Crippen LogP contribution < -0.4 is 15.0 Å². The van der Waals surface area contributed by atoms with Crippen molar-refractivity contribution in [1.29, 1.82) is 5.26 Å². The molecule has 0 spiro atoms. The van der Waals surface area contributed by atoms with Gasteiger partial charge in [0.2, 0.25) is 0 Å². The molecule has 1 saturated carbocycles. The van der Waals surface area contributed by atoms with E-state index in [9.17, 15) is 4.79 Å². The number of benzene rings is 2. The molecule has 1 amide bonds. The van der Waals surface area contributed by atoms with Crippen molar-refractivity contribution in [3.8, 4) is 11.8 Å². The fraction of sp³-hybridized carbons (Fsp3) is 0.424. The summed E-state index contributed by atoms with van der Waals surface area (Å²) in [5, 5.41) is 12.8. The molecule has 1 N–H and O–H groups in total. The van der Waals surface area contributed by atoms with E-state index < -0.39 is 0 Å². The molecule has 1 aromatic heterocycles. The average Bonchev–Trinajstić information content (AvgIpc) is 3.00. The van der Waals surface area contributed by atoms with Crippen LogP contribution in [0.4, 0.5) is 5.69 Å². The molecule has 0 radical (unpaired) electrons. The molecule has 2 aliphatic rings. The van der Waals surface area contributed by atoms with E-state index in [0.717, 1.165) is 72.6 Å². The molecule has 0 unspecified atom stereocenters. The molecule has 0 bridgehead atoms. The van der Waals surface area contributed by atoms with Crippen LogP contribution >= 0.6 is 27.5 Å². The van der Waals surface area contributed by atoms with Crippen molar-refractivity contribution in [3.63, 3.8) is 0 Å². The summed E-state index contributed by atoms with van der Waals surface area (Å²) in [6.07, 6.45) is 9.97. The maximum absolute atomic E-state index is 13.0. The third-order valence-corrected chi connectivity index (χ3v) is 9.42. The summed E-state index contributed by atoms with van der Waals surface area (Å²) in [6, 6.07) is 18.0. The zero-order valence-electron chi connectivity index (χ0n) is 23.4. The number of hydrogen-bond donors (Lipinski definition) is 1. The van der Waals surface area contributed by atoms with Gasteiger partial charge in [0.15, 0.2) is 0 Å². The molecule has 6 nitrogen and oxygen atoms in total. The largest absolute Gasteiger partial charge is 0.490 e. The van der Waals surface area contributed by atoms with E-state index in [1.54, 1.807) is 6.07 Å². The Kier molecular flexibility index (Phi) is 9.84. The first-order valence-electron chi connectivity index (χ1n) is 14.5. The van der Waals surface area contributed by atoms with Crippen LogP contribution in [0.25, 0.3) is 0 Å². The van der Waals surface area contributed by atoms with Crippen molar-refractivity contribution in [2.24, 2.45) is 5.92 Å². The number of aryl methyl sites for hydroxylation is 1. The lowest BCUT2D eigenvalue weighted by Gasteiger charge is -2.33. The summed E-state index contributed by atoms with van der Waals surface area (Å²) in [5.41, 5.74) is 4.30. The molecule has 5 rings (SSSR count). The second-order valence-electron chi connectivity index (χ2n) is 11.2. The van der Waals surface area contributed by atoms with Gasteiger partial charge in [-0.15, -0.1) is 0 Å². The summed E-state index contributed by atoms with van der Waals surface area (Å²) in [4.78, 5) is 19.9. The highest BCUT2D eigenvalue weighted by atomic mass is 79.9. The van der Waals surface area contributed by atoms with E-state index in [1.165, 1.54) is 24.9 Å². The number of nitrogens with one attached hydrogen (secondary N) is 1. The predicted molar refractivity (Wildman–Crippen MR) is 167 cm³/mol. The highest BCUT2D eigenvalue weighted by Crippen LogP contribution is 2.32. The molecule has 2 heterocycles. The maximum atomic E-state index is 13.0. The van der Waals surface area contributed by atoms with Crippen molar-refractivity contribution >= 4 is 39.1 Å². The Balaban J connectivity index is 1.04. The van der Waals surface area contributed by atoms with Crippen LogP contribution in [0, 0.1) is 24.2 Å². The molecule has 41 heavy (non-hydrogen) atoms. The Labute approximate surface area is 256 Å². The third kappa shape index (κ3) is 7.61. The Morgan fingerprint density at radius 3 is 2.46 bits per heavy atom. The third-order valence-electron chi connectivity index (χ3n) is 8.47. The van der Waals surface area contributed by atoms with Gasteiger partial charge in [-0.2, -0.15) is 5.26 Å². The number of carbonyl (C=O) groups excluding carboxylic acids is 1. The fourth-order valence-corrected chi connectivity index (χ4v) is 6.30. The first-order valence-corrected chi connectivity index (χ1v) is 15.7. The summed E-state index contributed by atoms with van der Waals surface area (Å²) < 4.78 is 7.23. The molecule has 2 fully saturated rings. The first-order chi connectivity index (χ1) is 19.9. The predicted octanol–water partition coefficient (Wildman–Crippen LogP) is 7.65. The lowest BCUT2D eigenvalue weighted by Crippen LogP contribution is -2.39. The zero-order valence-corrected chi connectivity index (χ0v) is 25.8. The van der Waals surface area contributed by atoms with Crippen LogP contribution in [0.1, 0.15) is 72.1 Å². The van der Waals surface area contributed by atoms with Crippen molar-refractivity contribution in [2.75, 3.05) is 18.0 Å². The van der Waals surface area contributed by atoms with Crippen LogP contribution in [0.2, 0.25) is 5.02 Å². The monoisotopic (exact) mass is 634 g/mol. The summed E-state index contributed by atoms with van der Waals surface area (Å²) in [6.45, 7) is 3.97. The van der Waals surface area contributed by atoms with Gasteiger partial charge in [0.05, 0.1) is 16.7 Å². The number of hydrogen-bond acceptors (Lipinski definition) is 5. The lowest BCUT2D eigenvalue weighted by molar-refractivity contribution is 0.0893. The lowest BCUT2D eigenvalue weighted by atomic mass is 9.91. The second kappa shape index (κ2) is 13.7. The van der Waals surface area contributed by atoms with E-state index in [4.69, 9.17) is 21.6 Å². The smallest absolute Gasteiger partial charge is 0.251 e. The van der Waals surface area contributed by atoms with E-state index in [2.05, 4.69) is 61.5 Å². The Morgan fingerprint density at radius 2 is 1.80 bits per heavy atom. The first kappa shape index (κ1) is 29.4. The number of nitrogens with zero attached hydrogens (tertiary/aromatic N) is 3. The number of aromatic nitrogens is 1. The van der Waals surface area contributed by atoms with Crippen molar-refractivity contribution in [1.82, 2.24) is 10.3 Å². The van der Waals surface area contributed by atoms with Gasteiger partial charge in [-0.3, -0.25) is 9.78 Å². The van der Waals surface area contributed by atoms with Crippen molar-refractivity contribution < 1.29 is 9.53 Å². The quantitative estimate of drug-likeness (QED) is 0.275. The van der Waals surface area contributed by atoms with Gasteiger partial charge in [-0.25, -0.2) is 0 Å². The molecule has 214 valence electrons. The van der Waals surface area contributed by atoms with Gasteiger partial charge in [0, 0.05) is 52.3 Å². The minimum Gasteiger partial charge on any atom is -0.490 e.